The first-order chi connectivity index (χ1) is 11.5. The molecule has 6 nitrogen and oxygen atoms in total. The molecule has 1 aliphatic heterocycles. The van der Waals surface area contributed by atoms with Gasteiger partial charge in [0.1, 0.15) is 6.54 Å². The van der Waals surface area contributed by atoms with E-state index in [0.717, 1.165) is 38.2 Å². The van der Waals surface area contributed by atoms with Crippen LogP contribution in [0.4, 0.5) is 0 Å². The van der Waals surface area contributed by atoms with Crippen molar-refractivity contribution in [2.75, 3.05) is 33.2 Å². The number of nitrogens with one attached hydrogen (secondary N) is 1. The molecular weight excluding hydrogens is 322 g/mol. The average Bonchev–Trinajstić information content (AvgIpc) is 2.78. The number of carbonyl (C=O) groups excluding carboxylic acids is 1. The molecule has 1 aliphatic rings. The van der Waals surface area contributed by atoms with E-state index >= 15 is 0 Å². The fourth-order valence-electron chi connectivity index (χ4n) is 2.92. The van der Waals surface area contributed by atoms with Gasteiger partial charge in [-0.2, -0.15) is 5.10 Å². The Morgan fingerprint density at radius 3 is 2.71 bits per heavy atom. The van der Waals surface area contributed by atoms with Crippen molar-refractivity contribution >= 4 is 18.1 Å². The molecule has 1 aromatic carbocycles. The summed E-state index contributed by atoms with van der Waals surface area (Å²) in [5.41, 5.74) is 2.14. The van der Waals surface area contributed by atoms with Crippen molar-refractivity contribution in [1.82, 2.24) is 24.6 Å². The molecule has 2 aromatic rings. The monoisotopic (exact) mass is 345 g/mol. The van der Waals surface area contributed by atoms with E-state index in [-0.39, 0.29) is 12.5 Å². The fourth-order valence-corrected chi connectivity index (χ4v) is 3.12. The summed E-state index contributed by atoms with van der Waals surface area (Å²) in [6.45, 7) is 5.77. The van der Waals surface area contributed by atoms with Gasteiger partial charge >= 0.3 is 0 Å². The van der Waals surface area contributed by atoms with Gasteiger partial charge in [-0.3, -0.25) is 14.5 Å². The molecule has 24 heavy (non-hydrogen) atoms. The van der Waals surface area contributed by atoms with Crippen molar-refractivity contribution in [2.45, 2.75) is 19.9 Å². The predicted molar refractivity (Wildman–Crippen MR) is 96.3 cm³/mol. The minimum atomic E-state index is 0.0937. The maximum atomic E-state index is 12.7. The zero-order valence-corrected chi connectivity index (χ0v) is 15.0. The number of amides is 1. The van der Waals surface area contributed by atoms with Crippen LogP contribution in [0.5, 0.6) is 0 Å². The third kappa shape index (κ3) is 3.73. The standard InChI is InChI=1S/C17H23N5OS/c1-13-4-6-14(7-5-13)16-18-19-17(24)22(16)12-15(23)21-9-3-8-20(2)10-11-21/h4-7H,3,8-12H2,1-2H3,(H,19,24). The van der Waals surface area contributed by atoms with Crippen molar-refractivity contribution in [1.29, 1.82) is 0 Å². The highest BCUT2D eigenvalue weighted by Gasteiger charge is 2.20. The second-order valence-corrected chi connectivity index (χ2v) is 6.73. The molecule has 1 amide bonds. The summed E-state index contributed by atoms with van der Waals surface area (Å²) in [5.74, 6) is 0.802. The number of aromatic nitrogens is 3. The lowest BCUT2D eigenvalue weighted by Gasteiger charge is -2.21. The van der Waals surface area contributed by atoms with Gasteiger partial charge < -0.3 is 9.80 Å². The maximum absolute atomic E-state index is 12.7. The van der Waals surface area contributed by atoms with Crippen LogP contribution in [0.15, 0.2) is 24.3 Å². The van der Waals surface area contributed by atoms with Gasteiger partial charge in [0.25, 0.3) is 0 Å². The van der Waals surface area contributed by atoms with Crippen LogP contribution in [0.25, 0.3) is 11.4 Å². The number of benzene rings is 1. The van der Waals surface area contributed by atoms with E-state index in [1.165, 1.54) is 5.56 Å². The molecule has 0 atom stereocenters. The molecule has 3 rings (SSSR count). The second-order valence-electron chi connectivity index (χ2n) is 6.34. The van der Waals surface area contributed by atoms with Gasteiger partial charge in [0, 0.05) is 25.2 Å². The van der Waals surface area contributed by atoms with Crippen LogP contribution in [-0.2, 0) is 11.3 Å². The van der Waals surface area contributed by atoms with Gasteiger partial charge in [0.05, 0.1) is 0 Å². The number of carbonyl (C=O) groups is 1. The van der Waals surface area contributed by atoms with Gasteiger partial charge in [-0.15, -0.1) is 0 Å². The van der Waals surface area contributed by atoms with Gasteiger partial charge in [-0.1, -0.05) is 29.8 Å². The Kier molecular flexibility index (Phi) is 5.11. The molecular formula is C17H23N5OS. The van der Waals surface area contributed by atoms with Crippen molar-refractivity contribution in [3.8, 4) is 11.4 Å². The number of rotatable bonds is 3. The van der Waals surface area contributed by atoms with E-state index < -0.39 is 0 Å². The minimum absolute atomic E-state index is 0.0937. The lowest BCUT2D eigenvalue weighted by atomic mass is 10.1. The lowest BCUT2D eigenvalue weighted by molar-refractivity contribution is -0.131. The molecule has 1 aromatic heterocycles. The Hall–Kier alpha value is -1.99. The average molecular weight is 345 g/mol. The van der Waals surface area contributed by atoms with Crippen molar-refractivity contribution in [2.24, 2.45) is 0 Å². The van der Waals surface area contributed by atoms with Crippen molar-refractivity contribution in [3.05, 3.63) is 34.6 Å². The van der Waals surface area contributed by atoms with E-state index in [9.17, 15) is 4.79 Å². The number of hydrogen-bond acceptors (Lipinski definition) is 4. The molecule has 7 heteroatoms. The molecule has 0 unspecified atom stereocenters. The lowest BCUT2D eigenvalue weighted by Crippen LogP contribution is -2.36. The Balaban J connectivity index is 1.80. The van der Waals surface area contributed by atoms with Crippen LogP contribution in [-0.4, -0.2) is 63.7 Å². The van der Waals surface area contributed by atoms with E-state index in [1.807, 2.05) is 36.1 Å². The zero-order chi connectivity index (χ0) is 17.1. The van der Waals surface area contributed by atoms with Gasteiger partial charge in [-0.25, -0.2) is 0 Å². The summed E-state index contributed by atoms with van der Waals surface area (Å²) in [7, 11) is 2.09. The number of aromatic amines is 1. The molecule has 0 bridgehead atoms. The van der Waals surface area contributed by atoms with Crippen molar-refractivity contribution in [3.63, 3.8) is 0 Å². The summed E-state index contributed by atoms with van der Waals surface area (Å²) in [6.07, 6.45) is 1.00. The highest BCUT2D eigenvalue weighted by molar-refractivity contribution is 7.71. The topological polar surface area (TPSA) is 57.2 Å². The molecule has 0 aliphatic carbocycles. The predicted octanol–water partition coefficient (Wildman–Crippen LogP) is 2.08. The molecule has 0 radical (unpaired) electrons. The summed E-state index contributed by atoms with van der Waals surface area (Å²) in [5, 5.41) is 7.13. The largest absolute Gasteiger partial charge is 0.340 e. The first-order valence-electron chi connectivity index (χ1n) is 8.23. The summed E-state index contributed by atoms with van der Waals surface area (Å²) in [4.78, 5) is 16.9. The summed E-state index contributed by atoms with van der Waals surface area (Å²) < 4.78 is 2.27. The highest BCUT2D eigenvalue weighted by Crippen LogP contribution is 2.18. The number of nitrogens with zero attached hydrogens (tertiary/aromatic N) is 4. The molecule has 0 saturated carbocycles. The molecule has 0 spiro atoms. The van der Waals surface area contributed by atoms with E-state index in [4.69, 9.17) is 12.2 Å². The van der Waals surface area contributed by atoms with Crippen molar-refractivity contribution < 1.29 is 4.79 Å². The first kappa shape index (κ1) is 16.9. The van der Waals surface area contributed by atoms with Crippen LogP contribution in [0.2, 0.25) is 0 Å². The Morgan fingerprint density at radius 2 is 1.96 bits per heavy atom. The Morgan fingerprint density at radius 1 is 1.21 bits per heavy atom. The first-order valence-corrected chi connectivity index (χ1v) is 8.64. The molecule has 1 fully saturated rings. The van der Waals surface area contributed by atoms with Crippen LogP contribution >= 0.6 is 12.2 Å². The SMILES string of the molecule is Cc1ccc(-c2n[nH]c(=S)n2CC(=O)N2CCCN(C)CC2)cc1. The van der Waals surface area contributed by atoms with Crippen LogP contribution in [0.3, 0.4) is 0 Å². The van der Waals surface area contributed by atoms with Gasteiger partial charge in [0.15, 0.2) is 10.6 Å². The molecule has 1 saturated heterocycles. The minimum Gasteiger partial charge on any atom is -0.340 e. The van der Waals surface area contributed by atoms with Crippen LogP contribution in [0.1, 0.15) is 12.0 Å². The van der Waals surface area contributed by atoms with E-state index in [0.29, 0.717) is 10.6 Å². The Bertz CT molecular complexity index is 764. The third-order valence-corrected chi connectivity index (χ3v) is 4.75. The highest BCUT2D eigenvalue weighted by atomic mass is 32.1. The fraction of sp³-hybridized carbons (Fsp3) is 0.471. The summed E-state index contributed by atoms with van der Waals surface area (Å²) in [6, 6.07) is 8.07. The van der Waals surface area contributed by atoms with Crippen LogP contribution in [0, 0.1) is 11.7 Å². The van der Waals surface area contributed by atoms with E-state index in [2.05, 4.69) is 22.1 Å². The number of likely N-dealkylation sites (N-methyl/N-ethyl adjacent to an activating group) is 1. The smallest absolute Gasteiger partial charge is 0.242 e. The number of hydrogen-bond donors (Lipinski definition) is 1. The summed E-state index contributed by atoms with van der Waals surface area (Å²) >= 11 is 5.33. The zero-order valence-electron chi connectivity index (χ0n) is 14.2. The molecule has 2 heterocycles. The van der Waals surface area contributed by atoms with Gasteiger partial charge in [0.2, 0.25) is 5.91 Å². The number of aryl methyl sites for hydroxylation is 1. The maximum Gasteiger partial charge on any atom is 0.242 e. The van der Waals surface area contributed by atoms with Crippen LogP contribution < -0.4 is 0 Å². The molecule has 128 valence electrons. The molecule has 1 N–H and O–H groups in total. The quantitative estimate of drug-likeness (QED) is 0.866. The Labute approximate surface area is 147 Å². The number of H-pyrrole nitrogens is 1. The normalized spacial score (nSPS) is 16.2. The second kappa shape index (κ2) is 7.27. The van der Waals surface area contributed by atoms with Gasteiger partial charge in [-0.05, 0) is 39.2 Å². The van der Waals surface area contributed by atoms with E-state index in [1.54, 1.807) is 4.57 Å². The third-order valence-electron chi connectivity index (χ3n) is 4.43.